The predicted octanol–water partition coefficient (Wildman–Crippen LogP) is 7.14. The van der Waals surface area contributed by atoms with Crippen LogP contribution in [0.5, 0.6) is 11.5 Å². The molecule has 3 amide bonds. The smallest absolute Gasteiger partial charge is 0.319 e. The van der Waals surface area contributed by atoms with Crippen molar-refractivity contribution in [3.05, 3.63) is 142 Å². The van der Waals surface area contributed by atoms with Crippen molar-refractivity contribution in [1.29, 1.82) is 0 Å². The Labute approximate surface area is 329 Å². The summed E-state index contributed by atoms with van der Waals surface area (Å²) in [6.45, 7) is 4.04. The average molecular weight is 771 g/mol. The number of ether oxygens (including phenoxy) is 1. The van der Waals surface area contributed by atoms with Crippen LogP contribution in [0.1, 0.15) is 29.5 Å². The minimum Gasteiger partial charge on any atom is -0.506 e. The third-order valence-electron chi connectivity index (χ3n) is 9.97. The standard InChI is InChI=1S/C44H46N6O5S/c51-39-19-14-33(42-41(39)49-44(54)56-42)20-24-45-28-31-12-17-36(18-13-31)55-29-40(52)46-34-15-10-30(11-16-34)21-25-50-26-22-35(23-27-50)47-43(53)48-38-9-5-4-8-37(38)32-6-2-1-3-7-32/h1-19,35,45,51H,20-29H2,(H,46,52)(H,49,54)(H2,47,48,53). The van der Waals surface area contributed by atoms with Gasteiger partial charge in [-0.1, -0.05) is 90.2 Å². The Kier molecular flexibility index (Phi) is 12.7. The average Bonchev–Trinajstić information content (AvgIpc) is 3.63. The number of nitrogens with one attached hydrogen (secondary N) is 5. The topological polar surface area (TPSA) is 148 Å². The van der Waals surface area contributed by atoms with Gasteiger partial charge in [-0.25, -0.2) is 4.79 Å². The Balaban J connectivity index is 0.766. The Hall–Kier alpha value is -5.95. The SMILES string of the molecule is O=C(COc1ccc(CNCCc2ccc(O)c3[nH]c(=O)sc23)cc1)Nc1ccc(CCN2CCC(NC(=O)Nc3ccccc3-c3ccccc3)CC2)cc1. The fourth-order valence-corrected chi connectivity index (χ4v) is 7.82. The fourth-order valence-electron chi connectivity index (χ4n) is 6.92. The number of thiazole rings is 1. The van der Waals surface area contributed by atoms with Crippen molar-refractivity contribution in [2.75, 3.05) is 43.4 Å². The Morgan fingerprint density at radius 1 is 0.821 bits per heavy atom. The van der Waals surface area contributed by atoms with E-state index in [9.17, 15) is 19.5 Å². The molecule has 0 radical (unpaired) electrons. The van der Waals surface area contributed by atoms with Crippen molar-refractivity contribution in [1.82, 2.24) is 20.5 Å². The number of rotatable bonds is 15. The molecule has 56 heavy (non-hydrogen) atoms. The number of piperidine rings is 1. The van der Waals surface area contributed by atoms with Crippen LogP contribution in [0.4, 0.5) is 16.2 Å². The monoisotopic (exact) mass is 770 g/mol. The van der Waals surface area contributed by atoms with Gasteiger partial charge in [-0.2, -0.15) is 0 Å². The molecule has 0 unspecified atom stereocenters. The van der Waals surface area contributed by atoms with Gasteiger partial charge in [0.25, 0.3) is 5.91 Å². The van der Waals surface area contributed by atoms with Gasteiger partial charge in [-0.05, 0) is 90.9 Å². The summed E-state index contributed by atoms with van der Waals surface area (Å²) in [5.74, 6) is 0.464. The first-order valence-electron chi connectivity index (χ1n) is 19.0. The molecule has 11 nitrogen and oxygen atoms in total. The predicted molar refractivity (Wildman–Crippen MR) is 224 cm³/mol. The number of benzene rings is 5. The summed E-state index contributed by atoms with van der Waals surface area (Å²) in [6, 6.07) is 36.9. The molecule has 6 aromatic rings. The number of phenols is 1. The number of amides is 3. The van der Waals surface area contributed by atoms with E-state index >= 15 is 0 Å². The van der Waals surface area contributed by atoms with Crippen molar-refractivity contribution in [2.45, 2.75) is 38.3 Å². The number of hydrogen-bond acceptors (Lipinski definition) is 8. The van der Waals surface area contributed by atoms with Gasteiger partial charge in [0, 0.05) is 43.5 Å². The second-order valence-electron chi connectivity index (χ2n) is 13.9. The summed E-state index contributed by atoms with van der Waals surface area (Å²) < 4.78 is 6.52. The third-order valence-corrected chi connectivity index (χ3v) is 10.9. The van der Waals surface area contributed by atoms with Crippen LogP contribution in [-0.4, -0.2) is 65.8 Å². The first-order chi connectivity index (χ1) is 27.4. The van der Waals surface area contributed by atoms with Gasteiger partial charge >= 0.3 is 10.9 Å². The summed E-state index contributed by atoms with van der Waals surface area (Å²) in [6.07, 6.45) is 3.42. The number of urea groups is 1. The van der Waals surface area contributed by atoms with Gasteiger partial charge < -0.3 is 41.0 Å². The van der Waals surface area contributed by atoms with Crippen LogP contribution in [0, 0.1) is 0 Å². The quantitative estimate of drug-likeness (QED) is 0.0609. The molecule has 0 saturated carbocycles. The van der Waals surface area contributed by atoms with Crippen molar-refractivity contribution in [3.8, 4) is 22.6 Å². The molecule has 0 bridgehead atoms. The van der Waals surface area contributed by atoms with Crippen LogP contribution in [-0.2, 0) is 24.2 Å². The minimum absolute atomic E-state index is 0.0838. The molecule has 1 aromatic heterocycles. The first kappa shape index (κ1) is 38.3. The lowest BCUT2D eigenvalue weighted by Gasteiger charge is -2.32. The summed E-state index contributed by atoms with van der Waals surface area (Å²) in [5, 5.41) is 22.5. The number of carbonyl (C=O) groups excluding carboxylic acids is 2. The highest BCUT2D eigenvalue weighted by atomic mass is 32.1. The molecule has 0 atom stereocenters. The summed E-state index contributed by atoms with van der Waals surface area (Å²) in [7, 11) is 0. The van der Waals surface area contributed by atoms with E-state index < -0.39 is 0 Å². The van der Waals surface area contributed by atoms with E-state index in [4.69, 9.17) is 4.74 Å². The molecule has 288 valence electrons. The molecule has 1 fully saturated rings. The zero-order valence-corrected chi connectivity index (χ0v) is 31.9. The third kappa shape index (κ3) is 10.4. The Morgan fingerprint density at radius 2 is 1.55 bits per heavy atom. The number of H-pyrrole nitrogens is 1. The van der Waals surface area contributed by atoms with Gasteiger partial charge in [0.05, 0.1) is 10.4 Å². The molecular formula is C44H46N6O5S. The van der Waals surface area contributed by atoms with Gasteiger partial charge in [-0.3, -0.25) is 9.59 Å². The van der Waals surface area contributed by atoms with E-state index in [1.54, 1.807) is 6.07 Å². The van der Waals surface area contributed by atoms with E-state index in [2.05, 4.69) is 31.2 Å². The maximum atomic E-state index is 12.9. The second-order valence-corrected chi connectivity index (χ2v) is 14.9. The molecule has 5 aromatic carbocycles. The number of likely N-dealkylation sites (tertiary alicyclic amines) is 1. The van der Waals surface area contributed by atoms with Crippen LogP contribution >= 0.6 is 11.3 Å². The van der Waals surface area contributed by atoms with Gasteiger partial charge in [-0.15, -0.1) is 0 Å². The van der Waals surface area contributed by atoms with Crippen LogP contribution in [0.3, 0.4) is 0 Å². The highest BCUT2D eigenvalue weighted by Gasteiger charge is 2.21. The van der Waals surface area contributed by atoms with E-state index in [0.717, 1.165) is 95.0 Å². The number of aromatic hydroxyl groups is 1. The van der Waals surface area contributed by atoms with Gasteiger partial charge in [0.1, 0.15) is 17.0 Å². The van der Waals surface area contributed by atoms with Crippen LogP contribution in [0.2, 0.25) is 0 Å². The van der Waals surface area contributed by atoms with Crippen LogP contribution in [0.15, 0.2) is 120 Å². The number of hydrogen-bond donors (Lipinski definition) is 6. The highest BCUT2D eigenvalue weighted by Crippen LogP contribution is 2.29. The second kappa shape index (κ2) is 18.6. The lowest BCUT2D eigenvalue weighted by molar-refractivity contribution is -0.118. The number of carbonyl (C=O) groups is 2. The number of aromatic nitrogens is 1. The maximum Gasteiger partial charge on any atom is 0.319 e. The van der Waals surface area contributed by atoms with E-state index in [0.29, 0.717) is 24.4 Å². The molecule has 6 N–H and O–H groups in total. The van der Waals surface area contributed by atoms with Crippen LogP contribution in [0.25, 0.3) is 21.3 Å². The van der Waals surface area contributed by atoms with E-state index in [1.165, 1.54) is 5.56 Å². The maximum absolute atomic E-state index is 12.9. The molecular weight excluding hydrogens is 725 g/mol. The fraction of sp³-hybridized carbons (Fsp3) is 0.250. The normalized spacial score (nSPS) is 13.4. The van der Waals surface area contributed by atoms with E-state index in [1.807, 2.05) is 109 Å². The number of aromatic amines is 1. The van der Waals surface area contributed by atoms with Gasteiger partial charge in [0.2, 0.25) is 0 Å². The van der Waals surface area contributed by atoms with Gasteiger partial charge in [0.15, 0.2) is 6.61 Å². The van der Waals surface area contributed by atoms with Crippen molar-refractivity contribution in [2.24, 2.45) is 0 Å². The molecule has 1 aliphatic heterocycles. The molecule has 1 saturated heterocycles. The lowest BCUT2D eigenvalue weighted by Crippen LogP contribution is -2.46. The summed E-state index contributed by atoms with van der Waals surface area (Å²) >= 11 is 1.11. The zero-order chi connectivity index (χ0) is 38.7. The molecule has 2 heterocycles. The Morgan fingerprint density at radius 3 is 2.34 bits per heavy atom. The molecule has 0 aliphatic carbocycles. The Bertz CT molecular complexity index is 2280. The number of anilines is 2. The van der Waals surface area contributed by atoms with Crippen LogP contribution < -0.4 is 30.9 Å². The number of fused-ring (bicyclic) bond motifs is 1. The molecule has 1 aliphatic rings. The summed E-state index contributed by atoms with van der Waals surface area (Å²) in [4.78, 5) is 42.2. The molecule has 7 rings (SSSR count). The summed E-state index contributed by atoms with van der Waals surface area (Å²) in [5.41, 5.74) is 7.35. The number of nitrogens with zero attached hydrogens (tertiary/aromatic N) is 1. The lowest BCUT2D eigenvalue weighted by atomic mass is 10.0. The van der Waals surface area contributed by atoms with Crippen molar-refractivity contribution < 1.29 is 19.4 Å². The van der Waals surface area contributed by atoms with E-state index in [-0.39, 0.29) is 35.2 Å². The van der Waals surface area contributed by atoms with Crippen molar-refractivity contribution >= 4 is 44.9 Å². The zero-order valence-electron chi connectivity index (χ0n) is 31.1. The largest absolute Gasteiger partial charge is 0.506 e. The first-order valence-corrected chi connectivity index (χ1v) is 19.8. The molecule has 0 spiro atoms. The molecule has 12 heteroatoms. The highest BCUT2D eigenvalue weighted by molar-refractivity contribution is 7.16. The number of phenolic OH excluding ortho intramolecular Hbond substituents is 1. The number of para-hydroxylation sites is 1. The van der Waals surface area contributed by atoms with Crippen molar-refractivity contribution in [3.63, 3.8) is 0 Å². The minimum atomic E-state index is -0.232.